The van der Waals surface area contributed by atoms with Crippen molar-refractivity contribution in [1.82, 2.24) is 9.88 Å². The van der Waals surface area contributed by atoms with E-state index in [9.17, 15) is 14.4 Å². The Balaban J connectivity index is 1.54. The molecule has 0 aliphatic carbocycles. The Hall–Kier alpha value is -3.41. The van der Waals surface area contributed by atoms with Crippen molar-refractivity contribution in [3.05, 3.63) is 72.1 Å². The van der Waals surface area contributed by atoms with E-state index in [1.807, 2.05) is 42.5 Å². The third-order valence-corrected chi connectivity index (χ3v) is 4.01. The van der Waals surface area contributed by atoms with Gasteiger partial charge >= 0.3 is 5.97 Å². The molecule has 1 heterocycles. The summed E-state index contributed by atoms with van der Waals surface area (Å²) in [4.78, 5) is 35.8. The molecule has 3 rings (SSSR count). The first kappa shape index (κ1) is 17.4. The fourth-order valence-electron chi connectivity index (χ4n) is 2.72. The lowest BCUT2D eigenvalue weighted by Gasteiger charge is -2.08. The van der Waals surface area contributed by atoms with Crippen LogP contribution in [0.2, 0.25) is 0 Å². The maximum absolute atomic E-state index is 12.0. The number of nitrogens with zero attached hydrogens (tertiary/aromatic N) is 1. The number of esters is 1. The van der Waals surface area contributed by atoms with Crippen LogP contribution in [0, 0.1) is 0 Å². The second-order valence-corrected chi connectivity index (χ2v) is 5.86. The van der Waals surface area contributed by atoms with Crippen molar-refractivity contribution < 1.29 is 19.1 Å². The molecule has 0 atom stereocenters. The maximum Gasteiger partial charge on any atom is 0.310 e. The van der Waals surface area contributed by atoms with Gasteiger partial charge in [0.1, 0.15) is 5.69 Å². The topological polar surface area (TPSA) is 77.4 Å². The number of hydrogen-bond acceptors (Lipinski definition) is 4. The second kappa shape index (κ2) is 7.65. The largest absolute Gasteiger partial charge is 0.455 e. The van der Waals surface area contributed by atoms with E-state index in [2.05, 4.69) is 5.32 Å². The summed E-state index contributed by atoms with van der Waals surface area (Å²) in [6.07, 6.45) is 1.75. The molecule has 2 amide bonds. The first-order chi connectivity index (χ1) is 12.5. The van der Waals surface area contributed by atoms with Crippen LogP contribution in [0.1, 0.15) is 16.1 Å². The summed E-state index contributed by atoms with van der Waals surface area (Å²) in [5.41, 5.74) is 1.17. The van der Waals surface area contributed by atoms with Crippen LogP contribution in [0.5, 0.6) is 0 Å². The van der Waals surface area contributed by atoms with E-state index in [-0.39, 0.29) is 6.42 Å². The SMILES string of the molecule is Cn1cccc1C(=O)NC(=O)COC(=O)Cc1cccc2ccccc12. The summed E-state index contributed by atoms with van der Waals surface area (Å²) in [7, 11) is 1.70. The minimum absolute atomic E-state index is 0.0559. The van der Waals surface area contributed by atoms with Gasteiger partial charge in [-0.1, -0.05) is 42.5 Å². The van der Waals surface area contributed by atoms with E-state index in [0.29, 0.717) is 5.69 Å². The Kier molecular flexibility index (Phi) is 5.12. The molecule has 6 nitrogen and oxygen atoms in total. The van der Waals surface area contributed by atoms with Crippen LogP contribution in [-0.2, 0) is 27.8 Å². The van der Waals surface area contributed by atoms with Crippen molar-refractivity contribution in [1.29, 1.82) is 0 Å². The number of aryl methyl sites for hydroxylation is 1. The molecule has 0 saturated carbocycles. The number of fused-ring (bicyclic) bond motifs is 1. The van der Waals surface area contributed by atoms with Crippen LogP contribution in [0.25, 0.3) is 10.8 Å². The van der Waals surface area contributed by atoms with Crippen molar-refractivity contribution in [2.24, 2.45) is 7.05 Å². The van der Waals surface area contributed by atoms with E-state index in [4.69, 9.17) is 4.74 Å². The third kappa shape index (κ3) is 3.97. The van der Waals surface area contributed by atoms with Gasteiger partial charge in [-0.15, -0.1) is 0 Å². The van der Waals surface area contributed by atoms with Gasteiger partial charge in [-0.25, -0.2) is 0 Å². The average Bonchev–Trinajstić information content (AvgIpc) is 3.06. The number of nitrogens with one attached hydrogen (secondary N) is 1. The molecule has 0 unspecified atom stereocenters. The Morgan fingerprint density at radius 1 is 1.00 bits per heavy atom. The van der Waals surface area contributed by atoms with Crippen LogP contribution in [-0.4, -0.2) is 29.0 Å². The fourth-order valence-corrected chi connectivity index (χ4v) is 2.72. The van der Waals surface area contributed by atoms with Gasteiger partial charge in [-0.05, 0) is 28.5 Å². The lowest BCUT2D eigenvalue weighted by atomic mass is 10.0. The minimum Gasteiger partial charge on any atom is -0.455 e. The van der Waals surface area contributed by atoms with Gasteiger partial charge in [0.2, 0.25) is 0 Å². The summed E-state index contributed by atoms with van der Waals surface area (Å²) < 4.78 is 6.59. The number of hydrogen-bond donors (Lipinski definition) is 1. The molecule has 6 heteroatoms. The first-order valence-corrected chi connectivity index (χ1v) is 8.12. The van der Waals surface area contributed by atoms with Crippen LogP contribution < -0.4 is 5.32 Å². The van der Waals surface area contributed by atoms with Crippen LogP contribution in [0.4, 0.5) is 0 Å². The maximum atomic E-state index is 12.0. The molecule has 1 aromatic heterocycles. The summed E-state index contributed by atoms with van der Waals surface area (Å²) in [5.74, 6) is -1.72. The van der Waals surface area contributed by atoms with Gasteiger partial charge in [0.15, 0.2) is 6.61 Å². The van der Waals surface area contributed by atoms with E-state index in [1.165, 1.54) is 0 Å². The lowest BCUT2D eigenvalue weighted by molar-refractivity contribution is -0.147. The van der Waals surface area contributed by atoms with Crippen molar-refractivity contribution in [2.75, 3.05) is 6.61 Å². The molecule has 132 valence electrons. The van der Waals surface area contributed by atoms with Crippen molar-refractivity contribution in [2.45, 2.75) is 6.42 Å². The Labute approximate surface area is 150 Å². The van der Waals surface area contributed by atoms with Crippen molar-refractivity contribution in [3.63, 3.8) is 0 Å². The number of carbonyl (C=O) groups is 3. The number of carbonyl (C=O) groups excluding carboxylic acids is 3. The second-order valence-electron chi connectivity index (χ2n) is 5.86. The molecular weight excluding hydrogens is 332 g/mol. The zero-order valence-corrected chi connectivity index (χ0v) is 14.3. The molecule has 3 aromatic rings. The van der Waals surface area contributed by atoms with E-state index in [0.717, 1.165) is 16.3 Å². The standard InChI is InChI=1S/C20H18N2O4/c1-22-11-5-10-17(22)20(25)21-18(23)13-26-19(24)12-15-8-4-7-14-6-2-3-9-16(14)15/h2-11H,12-13H2,1H3,(H,21,23,25). The Morgan fingerprint density at radius 3 is 2.54 bits per heavy atom. The minimum atomic E-state index is -0.664. The molecule has 26 heavy (non-hydrogen) atoms. The molecule has 2 aromatic carbocycles. The number of benzene rings is 2. The summed E-state index contributed by atoms with van der Waals surface area (Å²) >= 11 is 0. The molecule has 0 bridgehead atoms. The predicted molar refractivity (Wildman–Crippen MR) is 96.5 cm³/mol. The molecule has 0 saturated heterocycles. The highest BCUT2D eigenvalue weighted by molar-refractivity contribution is 6.04. The van der Waals surface area contributed by atoms with Crippen molar-refractivity contribution >= 4 is 28.6 Å². The first-order valence-electron chi connectivity index (χ1n) is 8.12. The van der Waals surface area contributed by atoms with E-state index in [1.54, 1.807) is 29.9 Å². The number of rotatable bonds is 5. The normalized spacial score (nSPS) is 10.5. The highest BCUT2D eigenvalue weighted by atomic mass is 16.5. The van der Waals surface area contributed by atoms with Crippen LogP contribution >= 0.6 is 0 Å². The molecule has 0 spiro atoms. The summed E-state index contributed by atoms with van der Waals surface area (Å²) in [6, 6.07) is 16.7. The summed E-state index contributed by atoms with van der Waals surface area (Å²) in [5, 5.41) is 4.20. The number of imide groups is 1. The molecule has 0 fully saturated rings. The fraction of sp³-hybridized carbons (Fsp3) is 0.150. The molecule has 0 radical (unpaired) electrons. The smallest absolute Gasteiger partial charge is 0.310 e. The third-order valence-electron chi connectivity index (χ3n) is 4.01. The van der Waals surface area contributed by atoms with Crippen LogP contribution in [0.15, 0.2) is 60.8 Å². The van der Waals surface area contributed by atoms with Crippen molar-refractivity contribution in [3.8, 4) is 0 Å². The average molecular weight is 350 g/mol. The van der Waals surface area contributed by atoms with Gasteiger partial charge in [0, 0.05) is 13.2 Å². The van der Waals surface area contributed by atoms with Gasteiger partial charge in [0.25, 0.3) is 11.8 Å². The monoisotopic (exact) mass is 350 g/mol. The highest BCUT2D eigenvalue weighted by Gasteiger charge is 2.15. The van der Waals surface area contributed by atoms with Gasteiger partial charge in [-0.3, -0.25) is 19.7 Å². The Morgan fingerprint density at radius 2 is 1.77 bits per heavy atom. The Bertz CT molecular complexity index is 969. The summed E-state index contributed by atoms with van der Waals surface area (Å²) in [6.45, 7) is -0.500. The molecule has 0 aliphatic rings. The lowest BCUT2D eigenvalue weighted by Crippen LogP contribution is -2.35. The van der Waals surface area contributed by atoms with Gasteiger partial charge in [0.05, 0.1) is 6.42 Å². The number of aromatic nitrogens is 1. The van der Waals surface area contributed by atoms with Gasteiger partial charge in [-0.2, -0.15) is 0 Å². The zero-order chi connectivity index (χ0) is 18.5. The zero-order valence-electron chi connectivity index (χ0n) is 14.3. The number of ether oxygens (including phenoxy) is 1. The predicted octanol–water partition coefficient (Wildman–Crippen LogP) is 2.22. The molecule has 0 aliphatic heterocycles. The highest BCUT2D eigenvalue weighted by Crippen LogP contribution is 2.19. The van der Waals surface area contributed by atoms with E-state index < -0.39 is 24.4 Å². The van der Waals surface area contributed by atoms with Crippen LogP contribution in [0.3, 0.4) is 0 Å². The molecular formula is C20H18N2O4. The number of amides is 2. The van der Waals surface area contributed by atoms with E-state index >= 15 is 0 Å². The quantitative estimate of drug-likeness (QED) is 0.716. The van der Waals surface area contributed by atoms with Gasteiger partial charge < -0.3 is 9.30 Å². The molecule has 1 N–H and O–H groups in total.